The van der Waals surface area contributed by atoms with Crippen LogP contribution in [0.1, 0.15) is 37.1 Å². The normalized spacial score (nSPS) is 15.7. The number of aromatic nitrogens is 2. The third-order valence-corrected chi connectivity index (χ3v) is 2.34. The van der Waals surface area contributed by atoms with Gasteiger partial charge in [-0.1, -0.05) is 0 Å². The number of esters is 1. The summed E-state index contributed by atoms with van der Waals surface area (Å²) in [4.78, 5) is 16.1. The molecule has 0 spiro atoms. The molecule has 2 rings (SSSR count). The smallest absolute Gasteiger partial charge is 0.357 e. The zero-order valence-electron chi connectivity index (χ0n) is 9.91. The van der Waals surface area contributed by atoms with Gasteiger partial charge in [0.2, 0.25) is 0 Å². The van der Waals surface area contributed by atoms with Gasteiger partial charge < -0.3 is 14.6 Å². The third-order valence-electron chi connectivity index (χ3n) is 2.34. The Hall–Kier alpha value is -1.36. The summed E-state index contributed by atoms with van der Waals surface area (Å²) in [6, 6.07) is 0. The van der Waals surface area contributed by atoms with Gasteiger partial charge in [-0.15, -0.1) is 0 Å². The van der Waals surface area contributed by atoms with E-state index in [1.165, 1.54) is 0 Å². The molecule has 1 aromatic heterocycles. The Morgan fingerprint density at radius 2 is 2.31 bits per heavy atom. The van der Waals surface area contributed by atoms with Crippen molar-refractivity contribution in [3.63, 3.8) is 0 Å². The van der Waals surface area contributed by atoms with E-state index in [-0.39, 0.29) is 5.97 Å². The maximum absolute atomic E-state index is 11.9. The van der Waals surface area contributed by atoms with Crippen LogP contribution in [-0.2, 0) is 17.8 Å². The van der Waals surface area contributed by atoms with E-state index in [2.05, 4.69) is 10.3 Å². The second-order valence-electron chi connectivity index (χ2n) is 4.89. The minimum Gasteiger partial charge on any atom is -0.455 e. The SMILES string of the molecule is CC(C)(C)OC(=O)c1cnc2n1CCNC2. The number of carbonyl (C=O) groups is 1. The first kappa shape index (κ1) is 11.1. The molecule has 0 saturated carbocycles. The summed E-state index contributed by atoms with van der Waals surface area (Å²) < 4.78 is 7.25. The Kier molecular flexibility index (Phi) is 2.71. The predicted molar refractivity (Wildman–Crippen MR) is 59.1 cm³/mol. The molecular weight excluding hydrogens is 206 g/mol. The van der Waals surface area contributed by atoms with Crippen LogP contribution in [0.5, 0.6) is 0 Å². The van der Waals surface area contributed by atoms with Crippen LogP contribution in [-0.4, -0.2) is 27.7 Å². The van der Waals surface area contributed by atoms with Crippen LogP contribution >= 0.6 is 0 Å². The molecule has 0 aromatic carbocycles. The lowest BCUT2D eigenvalue weighted by atomic mass is 10.2. The minimum absolute atomic E-state index is 0.298. The lowest BCUT2D eigenvalue weighted by Crippen LogP contribution is -2.31. The highest BCUT2D eigenvalue weighted by Crippen LogP contribution is 2.14. The number of hydrogen-bond acceptors (Lipinski definition) is 4. The molecule has 16 heavy (non-hydrogen) atoms. The van der Waals surface area contributed by atoms with Crippen molar-refractivity contribution in [2.24, 2.45) is 0 Å². The summed E-state index contributed by atoms with van der Waals surface area (Å²) in [7, 11) is 0. The molecule has 0 saturated heterocycles. The number of nitrogens with zero attached hydrogens (tertiary/aromatic N) is 2. The lowest BCUT2D eigenvalue weighted by Gasteiger charge is -2.21. The highest BCUT2D eigenvalue weighted by molar-refractivity contribution is 5.87. The summed E-state index contributed by atoms with van der Waals surface area (Å²) in [6.07, 6.45) is 1.59. The molecule has 0 aliphatic carbocycles. The number of hydrogen-bond donors (Lipinski definition) is 1. The standard InChI is InChI=1S/C11H17N3O2/c1-11(2,3)16-10(15)8-6-13-9-7-12-4-5-14(8)9/h6,12H,4-5,7H2,1-3H3. The molecule has 0 unspecified atom stereocenters. The maximum Gasteiger partial charge on any atom is 0.357 e. The van der Waals surface area contributed by atoms with Gasteiger partial charge in [-0.25, -0.2) is 9.78 Å². The third kappa shape index (κ3) is 2.24. The van der Waals surface area contributed by atoms with Crippen LogP contribution in [0.4, 0.5) is 0 Å². The molecule has 5 nitrogen and oxygen atoms in total. The van der Waals surface area contributed by atoms with Gasteiger partial charge in [0, 0.05) is 13.1 Å². The van der Waals surface area contributed by atoms with Crippen LogP contribution in [0.25, 0.3) is 0 Å². The van der Waals surface area contributed by atoms with E-state index < -0.39 is 5.60 Å². The Balaban J connectivity index is 2.21. The quantitative estimate of drug-likeness (QED) is 0.720. The van der Waals surface area contributed by atoms with E-state index in [9.17, 15) is 4.79 Å². The Bertz CT molecular complexity index is 404. The largest absolute Gasteiger partial charge is 0.455 e. The van der Waals surface area contributed by atoms with Gasteiger partial charge in [0.25, 0.3) is 0 Å². The van der Waals surface area contributed by atoms with E-state index in [0.717, 1.165) is 18.9 Å². The monoisotopic (exact) mass is 223 g/mol. The van der Waals surface area contributed by atoms with Crippen molar-refractivity contribution >= 4 is 5.97 Å². The zero-order valence-corrected chi connectivity index (χ0v) is 9.91. The molecule has 0 bridgehead atoms. The van der Waals surface area contributed by atoms with Crippen LogP contribution in [0.3, 0.4) is 0 Å². The van der Waals surface area contributed by atoms with E-state index in [1.807, 2.05) is 25.3 Å². The number of imidazole rings is 1. The maximum atomic E-state index is 11.9. The number of fused-ring (bicyclic) bond motifs is 1. The van der Waals surface area contributed by atoms with Gasteiger partial charge in [-0.05, 0) is 20.8 Å². The second kappa shape index (κ2) is 3.90. The van der Waals surface area contributed by atoms with Crippen molar-refractivity contribution in [1.82, 2.24) is 14.9 Å². The first-order valence-electron chi connectivity index (χ1n) is 5.46. The zero-order chi connectivity index (χ0) is 11.8. The highest BCUT2D eigenvalue weighted by atomic mass is 16.6. The van der Waals surface area contributed by atoms with Crippen molar-refractivity contribution in [2.45, 2.75) is 39.5 Å². The summed E-state index contributed by atoms with van der Waals surface area (Å²) in [6.45, 7) is 7.92. The van der Waals surface area contributed by atoms with Crippen LogP contribution in [0.15, 0.2) is 6.20 Å². The second-order valence-corrected chi connectivity index (χ2v) is 4.89. The molecule has 0 radical (unpaired) electrons. The summed E-state index contributed by atoms with van der Waals surface area (Å²) in [5, 5.41) is 3.21. The van der Waals surface area contributed by atoms with E-state index in [1.54, 1.807) is 6.20 Å². The Morgan fingerprint density at radius 3 is 3.00 bits per heavy atom. The van der Waals surface area contributed by atoms with E-state index in [0.29, 0.717) is 12.2 Å². The summed E-state index contributed by atoms with van der Waals surface area (Å²) >= 11 is 0. The van der Waals surface area contributed by atoms with Gasteiger partial charge in [-0.3, -0.25) is 0 Å². The number of rotatable bonds is 1. The minimum atomic E-state index is -0.464. The fraction of sp³-hybridized carbons (Fsp3) is 0.636. The molecule has 1 N–H and O–H groups in total. The van der Waals surface area contributed by atoms with Crippen LogP contribution in [0.2, 0.25) is 0 Å². The molecule has 2 heterocycles. The molecule has 1 aliphatic heterocycles. The Labute approximate surface area is 94.8 Å². The molecule has 0 amide bonds. The van der Waals surface area contributed by atoms with Crippen molar-refractivity contribution < 1.29 is 9.53 Å². The molecule has 88 valence electrons. The fourth-order valence-electron chi connectivity index (χ4n) is 1.69. The molecular formula is C11H17N3O2. The molecule has 0 fully saturated rings. The van der Waals surface area contributed by atoms with Crippen molar-refractivity contribution in [1.29, 1.82) is 0 Å². The summed E-state index contributed by atoms with van der Waals surface area (Å²) in [5.41, 5.74) is 0.0840. The number of nitrogens with one attached hydrogen (secondary N) is 1. The highest BCUT2D eigenvalue weighted by Gasteiger charge is 2.23. The average molecular weight is 223 g/mol. The lowest BCUT2D eigenvalue weighted by molar-refractivity contribution is 0.00567. The van der Waals surface area contributed by atoms with Crippen LogP contribution in [0, 0.1) is 0 Å². The average Bonchev–Trinajstić information content (AvgIpc) is 2.58. The van der Waals surface area contributed by atoms with Crippen molar-refractivity contribution in [3.05, 3.63) is 17.7 Å². The molecule has 5 heteroatoms. The van der Waals surface area contributed by atoms with Crippen molar-refractivity contribution in [3.8, 4) is 0 Å². The van der Waals surface area contributed by atoms with Crippen molar-refractivity contribution in [2.75, 3.05) is 6.54 Å². The van der Waals surface area contributed by atoms with Crippen LogP contribution < -0.4 is 5.32 Å². The summed E-state index contributed by atoms with van der Waals surface area (Å²) in [5.74, 6) is 0.597. The van der Waals surface area contributed by atoms with Gasteiger partial charge >= 0.3 is 5.97 Å². The molecule has 0 atom stereocenters. The predicted octanol–water partition coefficient (Wildman–Crippen LogP) is 0.942. The van der Waals surface area contributed by atoms with Gasteiger partial charge in [0.1, 0.15) is 17.1 Å². The van der Waals surface area contributed by atoms with E-state index >= 15 is 0 Å². The van der Waals surface area contributed by atoms with Gasteiger partial charge in [0.05, 0.1) is 12.7 Å². The first-order valence-corrected chi connectivity index (χ1v) is 5.46. The van der Waals surface area contributed by atoms with E-state index in [4.69, 9.17) is 4.74 Å². The fourth-order valence-corrected chi connectivity index (χ4v) is 1.69. The van der Waals surface area contributed by atoms with Gasteiger partial charge in [-0.2, -0.15) is 0 Å². The number of ether oxygens (including phenoxy) is 1. The number of carbonyl (C=O) groups excluding carboxylic acids is 1. The molecule has 1 aromatic rings. The molecule has 1 aliphatic rings. The van der Waals surface area contributed by atoms with Gasteiger partial charge in [0.15, 0.2) is 0 Å². The topological polar surface area (TPSA) is 56.1 Å². The Morgan fingerprint density at radius 1 is 1.56 bits per heavy atom. The first-order chi connectivity index (χ1) is 7.47.